The van der Waals surface area contributed by atoms with Crippen molar-refractivity contribution in [2.45, 2.75) is 0 Å². The van der Waals surface area contributed by atoms with Crippen molar-refractivity contribution in [1.29, 1.82) is 0 Å². The third-order valence-electron chi connectivity index (χ3n) is 2.08. The first-order chi connectivity index (χ1) is 6.77. The van der Waals surface area contributed by atoms with Crippen LogP contribution in [0.2, 0.25) is 0 Å². The lowest BCUT2D eigenvalue weighted by Gasteiger charge is -1.98. The van der Waals surface area contributed by atoms with Gasteiger partial charge in [0.2, 0.25) is 6.33 Å². The summed E-state index contributed by atoms with van der Waals surface area (Å²) in [6, 6.07) is 3.90. The highest BCUT2D eigenvalue weighted by molar-refractivity contribution is 5.62. The van der Waals surface area contributed by atoms with Crippen LogP contribution in [0.15, 0.2) is 49.8 Å². The lowest BCUT2D eigenvalue weighted by Crippen LogP contribution is -2.23. The van der Waals surface area contributed by atoms with Gasteiger partial charge in [0, 0.05) is 18.0 Å². The highest BCUT2D eigenvalue weighted by atomic mass is 15.1. The van der Waals surface area contributed by atoms with E-state index in [0.717, 1.165) is 11.3 Å². The van der Waals surface area contributed by atoms with Gasteiger partial charge in [0.05, 0.1) is 7.05 Å². The normalized spacial score (nSPS) is 10.1. The fourth-order valence-electron chi connectivity index (χ4n) is 1.29. The second-order valence-electron chi connectivity index (χ2n) is 3.17. The third-order valence-corrected chi connectivity index (χ3v) is 2.08. The van der Waals surface area contributed by atoms with E-state index >= 15 is 0 Å². The van der Waals surface area contributed by atoms with Gasteiger partial charge >= 0.3 is 0 Å². The summed E-state index contributed by atoms with van der Waals surface area (Å²) in [4.78, 5) is 4.06. The molecule has 2 aromatic rings. The molecule has 0 N–H and O–H groups in total. The maximum absolute atomic E-state index is 4.06. The first-order valence-corrected chi connectivity index (χ1v) is 4.40. The molecule has 2 heterocycles. The molecular formula is C11H12N3+. The van der Waals surface area contributed by atoms with Crippen LogP contribution < -0.4 is 4.57 Å². The van der Waals surface area contributed by atoms with E-state index in [0.29, 0.717) is 0 Å². The second kappa shape index (κ2) is 3.46. The summed E-state index contributed by atoms with van der Waals surface area (Å²) in [5.74, 6) is 0. The Hall–Kier alpha value is -1.90. The van der Waals surface area contributed by atoms with Crippen molar-refractivity contribution in [3.63, 3.8) is 0 Å². The topological polar surface area (TPSA) is 21.7 Å². The Balaban J connectivity index is 2.34. The molecule has 0 aromatic carbocycles. The van der Waals surface area contributed by atoms with Gasteiger partial charge in [-0.05, 0) is 12.1 Å². The van der Waals surface area contributed by atoms with Gasteiger partial charge in [0.1, 0.15) is 18.1 Å². The van der Waals surface area contributed by atoms with Crippen LogP contribution in [-0.4, -0.2) is 9.55 Å². The quantitative estimate of drug-likeness (QED) is 0.646. The van der Waals surface area contributed by atoms with Crippen LogP contribution in [-0.2, 0) is 7.05 Å². The van der Waals surface area contributed by atoms with E-state index in [9.17, 15) is 0 Å². The molecule has 0 unspecified atom stereocenters. The average Bonchev–Trinajstić information content (AvgIpc) is 2.65. The number of pyridine rings is 1. The number of imidazole rings is 1. The zero-order chi connectivity index (χ0) is 9.97. The van der Waals surface area contributed by atoms with Crippen molar-refractivity contribution in [3.8, 4) is 0 Å². The molecule has 0 aliphatic carbocycles. The lowest BCUT2D eigenvalue weighted by atomic mass is 10.2. The van der Waals surface area contributed by atoms with Gasteiger partial charge in [-0.1, -0.05) is 6.58 Å². The van der Waals surface area contributed by atoms with E-state index in [1.165, 1.54) is 0 Å². The third kappa shape index (κ3) is 1.57. The van der Waals surface area contributed by atoms with Crippen molar-refractivity contribution < 1.29 is 4.57 Å². The molecule has 3 heteroatoms. The summed E-state index contributed by atoms with van der Waals surface area (Å²) < 4.78 is 3.94. The van der Waals surface area contributed by atoms with Crippen LogP contribution in [0.25, 0.3) is 5.70 Å². The first-order valence-electron chi connectivity index (χ1n) is 4.40. The summed E-state index contributed by atoms with van der Waals surface area (Å²) >= 11 is 0. The lowest BCUT2D eigenvalue weighted by molar-refractivity contribution is -0.670. The second-order valence-corrected chi connectivity index (χ2v) is 3.17. The standard InChI is InChI=1S/C11H12N3/c1-10(11-4-3-5-12-8-11)14-7-6-13(2)9-14/h3-9H,1H2,2H3/q+1. The van der Waals surface area contributed by atoms with E-state index < -0.39 is 0 Å². The molecule has 0 radical (unpaired) electrons. The number of hydrogen-bond donors (Lipinski definition) is 0. The molecule has 2 rings (SSSR count). The van der Waals surface area contributed by atoms with E-state index in [4.69, 9.17) is 0 Å². The van der Waals surface area contributed by atoms with Crippen LogP contribution in [0.4, 0.5) is 0 Å². The molecule has 0 fully saturated rings. The number of aryl methyl sites for hydroxylation is 1. The number of hydrogen-bond acceptors (Lipinski definition) is 1. The van der Waals surface area contributed by atoms with Gasteiger partial charge in [-0.2, -0.15) is 0 Å². The monoisotopic (exact) mass is 186 g/mol. The average molecular weight is 186 g/mol. The molecular weight excluding hydrogens is 174 g/mol. The Morgan fingerprint density at radius 3 is 3.00 bits per heavy atom. The Morgan fingerprint density at radius 1 is 1.57 bits per heavy atom. The highest BCUT2D eigenvalue weighted by Gasteiger charge is 2.07. The molecule has 0 saturated heterocycles. The van der Waals surface area contributed by atoms with Crippen molar-refractivity contribution in [2.24, 2.45) is 7.05 Å². The minimum atomic E-state index is 0.929. The fourth-order valence-corrected chi connectivity index (χ4v) is 1.29. The van der Waals surface area contributed by atoms with Crippen molar-refractivity contribution >= 4 is 5.70 Å². The van der Waals surface area contributed by atoms with E-state index in [-0.39, 0.29) is 0 Å². The van der Waals surface area contributed by atoms with Crippen LogP contribution in [0.3, 0.4) is 0 Å². The molecule has 0 atom stereocenters. The first kappa shape index (κ1) is 8.69. The molecule has 2 aromatic heterocycles. The zero-order valence-corrected chi connectivity index (χ0v) is 8.09. The minimum absolute atomic E-state index is 0.929. The molecule has 0 saturated carbocycles. The van der Waals surface area contributed by atoms with Gasteiger partial charge in [0.25, 0.3) is 0 Å². The molecule has 0 aliphatic heterocycles. The Kier molecular flexibility index (Phi) is 2.14. The van der Waals surface area contributed by atoms with E-state index in [2.05, 4.69) is 11.6 Å². The van der Waals surface area contributed by atoms with Crippen molar-refractivity contribution in [1.82, 2.24) is 9.55 Å². The number of nitrogens with zero attached hydrogens (tertiary/aromatic N) is 3. The van der Waals surface area contributed by atoms with Crippen LogP contribution in [0.1, 0.15) is 5.56 Å². The van der Waals surface area contributed by atoms with Gasteiger partial charge in [-0.15, -0.1) is 0 Å². The SMILES string of the molecule is C=C(c1cccnc1)n1cc[n+](C)c1. The predicted molar refractivity (Wildman–Crippen MR) is 54.3 cm³/mol. The molecule has 3 nitrogen and oxygen atoms in total. The van der Waals surface area contributed by atoms with Crippen LogP contribution in [0, 0.1) is 0 Å². The Labute approximate surface area is 83.0 Å². The largest absolute Gasteiger partial charge is 0.264 e. The van der Waals surface area contributed by atoms with Crippen LogP contribution in [0.5, 0.6) is 0 Å². The maximum atomic E-state index is 4.06. The van der Waals surface area contributed by atoms with Gasteiger partial charge in [-0.3, -0.25) is 4.98 Å². The summed E-state index contributed by atoms with van der Waals surface area (Å²) in [6.45, 7) is 4.02. The Morgan fingerprint density at radius 2 is 2.43 bits per heavy atom. The molecule has 0 bridgehead atoms. The van der Waals surface area contributed by atoms with Gasteiger partial charge in [0.15, 0.2) is 0 Å². The summed E-state index contributed by atoms with van der Waals surface area (Å²) in [5.41, 5.74) is 1.96. The van der Waals surface area contributed by atoms with Crippen molar-refractivity contribution in [2.75, 3.05) is 0 Å². The summed E-state index contributed by atoms with van der Waals surface area (Å²) in [7, 11) is 1.98. The molecule has 0 aliphatic rings. The molecule has 0 amide bonds. The van der Waals surface area contributed by atoms with Crippen LogP contribution >= 0.6 is 0 Å². The van der Waals surface area contributed by atoms with E-state index in [1.54, 1.807) is 6.20 Å². The number of aromatic nitrogens is 3. The predicted octanol–water partition coefficient (Wildman–Crippen LogP) is 1.23. The highest BCUT2D eigenvalue weighted by Crippen LogP contribution is 2.11. The smallest absolute Gasteiger partial charge is 0.248 e. The Bertz CT molecular complexity index is 443. The number of rotatable bonds is 2. The summed E-state index contributed by atoms with van der Waals surface area (Å²) in [6.07, 6.45) is 9.47. The molecule has 14 heavy (non-hydrogen) atoms. The fraction of sp³-hybridized carbons (Fsp3) is 0.0909. The minimum Gasteiger partial charge on any atom is -0.264 e. The van der Waals surface area contributed by atoms with Gasteiger partial charge in [-0.25, -0.2) is 9.13 Å². The molecule has 70 valence electrons. The zero-order valence-electron chi connectivity index (χ0n) is 8.09. The van der Waals surface area contributed by atoms with Gasteiger partial charge < -0.3 is 0 Å². The maximum Gasteiger partial charge on any atom is 0.248 e. The van der Waals surface area contributed by atoms with E-state index in [1.807, 2.05) is 53.2 Å². The molecule has 0 spiro atoms. The van der Waals surface area contributed by atoms with Crippen molar-refractivity contribution in [3.05, 3.63) is 55.4 Å². The summed E-state index contributed by atoms with van der Waals surface area (Å²) in [5, 5.41) is 0.